The Balaban J connectivity index is 2.13. The predicted molar refractivity (Wildman–Crippen MR) is 81.1 cm³/mol. The number of phenolic OH excluding ortho intramolecular Hbond substituents is 1. The van der Waals surface area contributed by atoms with Crippen LogP contribution in [0.5, 0.6) is 11.5 Å². The number of halogens is 1. The first kappa shape index (κ1) is 13.0. The van der Waals surface area contributed by atoms with Crippen LogP contribution in [0.25, 0.3) is 0 Å². The molecule has 0 aliphatic carbocycles. The Morgan fingerprint density at radius 3 is 2.72 bits per heavy atom. The summed E-state index contributed by atoms with van der Waals surface area (Å²) >= 11 is 2.28. The van der Waals surface area contributed by atoms with Gasteiger partial charge in [-0.1, -0.05) is 12.1 Å². The molecule has 0 fully saturated rings. The maximum absolute atomic E-state index is 9.78. The average molecular weight is 355 g/mol. The van der Waals surface area contributed by atoms with Gasteiger partial charge in [-0.05, 0) is 52.9 Å². The zero-order valence-electron chi connectivity index (χ0n) is 9.98. The van der Waals surface area contributed by atoms with Gasteiger partial charge in [0, 0.05) is 21.4 Å². The first-order chi connectivity index (χ1) is 8.70. The van der Waals surface area contributed by atoms with E-state index >= 15 is 0 Å². The first-order valence-electron chi connectivity index (χ1n) is 5.55. The van der Waals surface area contributed by atoms with E-state index in [9.17, 15) is 5.11 Å². The molecule has 0 unspecified atom stereocenters. The van der Waals surface area contributed by atoms with Gasteiger partial charge in [0.15, 0.2) is 0 Å². The van der Waals surface area contributed by atoms with Gasteiger partial charge < -0.3 is 15.2 Å². The zero-order valence-corrected chi connectivity index (χ0v) is 12.1. The van der Waals surface area contributed by atoms with E-state index in [-0.39, 0.29) is 5.75 Å². The second-order valence-electron chi connectivity index (χ2n) is 3.83. The lowest BCUT2D eigenvalue weighted by atomic mass is 10.2. The lowest BCUT2D eigenvalue weighted by Crippen LogP contribution is -2.01. The summed E-state index contributed by atoms with van der Waals surface area (Å²) in [5.41, 5.74) is 1.87. The molecule has 2 aromatic rings. The monoisotopic (exact) mass is 355 g/mol. The summed E-state index contributed by atoms with van der Waals surface area (Å²) < 4.78 is 6.30. The Kier molecular flexibility index (Phi) is 4.30. The smallest absolute Gasteiger partial charge is 0.120 e. The highest BCUT2D eigenvalue weighted by Gasteiger charge is 2.04. The number of anilines is 1. The van der Waals surface area contributed by atoms with E-state index in [4.69, 9.17) is 4.74 Å². The van der Waals surface area contributed by atoms with Crippen molar-refractivity contribution in [1.82, 2.24) is 0 Å². The maximum atomic E-state index is 9.78. The maximum Gasteiger partial charge on any atom is 0.120 e. The summed E-state index contributed by atoms with van der Waals surface area (Å²) in [7, 11) is 1.61. The summed E-state index contributed by atoms with van der Waals surface area (Å²) in [5.74, 6) is 1.02. The van der Waals surface area contributed by atoms with Crippen molar-refractivity contribution in [3.05, 3.63) is 51.6 Å². The van der Waals surface area contributed by atoms with Crippen molar-refractivity contribution in [2.45, 2.75) is 6.54 Å². The number of para-hydroxylation sites is 1. The Morgan fingerprint density at radius 1 is 1.22 bits per heavy atom. The minimum absolute atomic E-state index is 0.272. The van der Waals surface area contributed by atoms with E-state index in [1.165, 1.54) is 0 Å². The SMILES string of the molecule is COc1ccc(O)c(CNc2ccccc2I)c1. The van der Waals surface area contributed by atoms with Crippen LogP contribution in [0.15, 0.2) is 42.5 Å². The van der Waals surface area contributed by atoms with Crippen LogP contribution in [0, 0.1) is 3.57 Å². The van der Waals surface area contributed by atoms with Gasteiger partial charge in [0.05, 0.1) is 7.11 Å². The van der Waals surface area contributed by atoms with Crippen LogP contribution < -0.4 is 10.1 Å². The number of methoxy groups -OCH3 is 1. The van der Waals surface area contributed by atoms with Gasteiger partial charge >= 0.3 is 0 Å². The second-order valence-corrected chi connectivity index (χ2v) is 4.99. The Bertz CT molecular complexity index is 543. The molecule has 0 saturated carbocycles. The third kappa shape index (κ3) is 3.07. The number of aromatic hydroxyl groups is 1. The number of nitrogens with one attached hydrogen (secondary N) is 1. The van der Waals surface area contributed by atoms with Crippen molar-refractivity contribution in [2.24, 2.45) is 0 Å². The molecule has 2 aromatic carbocycles. The Morgan fingerprint density at radius 2 is 2.00 bits per heavy atom. The molecule has 0 saturated heterocycles. The van der Waals surface area contributed by atoms with Gasteiger partial charge in [0.2, 0.25) is 0 Å². The normalized spacial score (nSPS) is 10.1. The lowest BCUT2D eigenvalue weighted by Gasteiger charge is -2.11. The van der Waals surface area contributed by atoms with Crippen molar-refractivity contribution < 1.29 is 9.84 Å². The minimum Gasteiger partial charge on any atom is -0.508 e. The highest BCUT2D eigenvalue weighted by Crippen LogP contribution is 2.25. The standard InChI is InChI=1S/C14H14INO2/c1-18-11-6-7-14(17)10(8-11)9-16-13-5-3-2-4-12(13)15/h2-8,16-17H,9H2,1H3. The van der Waals surface area contributed by atoms with E-state index in [1.54, 1.807) is 19.2 Å². The van der Waals surface area contributed by atoms with E-state index < -0.39 is 0 Å². The predicted octanol–water partition coefficient (Wildman–Crippen LogP) is 3.62. The quantitative estimate of drug-likeness (QED) is 0.824. The lowest BCUT2D eigenvalue weighted by molar-refractivity contribution is 0.411. The van der Waals surface area contributed by atoms with Crippen molar-refractivity contribution in [2.75, 3.05) is 12.4 Å². The van der Waals surface area contributed by atoms with Gasteiger partial charge in [-0.3, -0.25) is 0 Å². The topological polar surface area (TPSA) is 41.5 Å². The molecule has 4 heteroatoms. The second kappa shape index (κ2) is 5.95. The molecule has 0 amide bonds. The van der Waals surface area contributed by atoms with Crippen LogP contribution in [0.2, 0.25) is 0 Å². The van der Waals surface area contributed by atoms with E-state index in [0.717, 1.165) is 20.6 Å². The molecule has 0 heterocycles. The van der Waals surface area contributed by atoms with E-state index in [1.807, 2.05) is 30.3 Å². The Labute approximate surface area is 120 Å². The zero-order chi connectivity index (χ0) is 13.0. The molecule has 18 heavy (non-hydrogen) atoms. The summed E-state index contributed by atoms with van der Waals surface area (Å²) in [6.07, 6.45) is 0. The summed E-state index contributed by atoms with van der Waals surface area (Å²) in [4.78, 5) is 0. The summed E-state index contributed by atoms with van der Waals surface area (Å²) in [5, 5.41) is 13.1. The fourth-order valence-corrected chi connectivity index (χ4v) is 2.20. The molecule has 0 aliphatic rings. The van der Waals surface area contributed by atoms with Gasteiger partial charge in [-0.25, -0.2) is 0 Å². The molecule has 2 N–H and O–H groups in total. The molecule has 0 spiro atoms. The van der Waals surface area contributed by atoms with Gasteiger partial charge in [0.1, 0.15) is 11.5 Å². The largest absolute Gasteiger partial charge is 0.508 e. The molecular formula is C14H14INO2. The van der Waals surface area contributed by atoms with Crippen LogP contribution in [0.1, 0.15) is 5.56 Å². The van der Waals surface area contributed by atoms with Crippen molar-refractivity contribution in [3.63, 3.8) is 0 Å². The van der Waals surface area contributed by atoms with E-state index in [2.05, 4.69) is 27.9 Å². The molecular weight excluding hydrogens is 341 g/mol. The third-order valence-corrected chi connectivity index (χ3v) is 3.57. The van der Waals surface area contributed by atoms with Crippen LogP contribution in [-0.2, 0) is 6.54 Å². The van der Waals surface area contributed by atoms with Crippen LogP contribution >= 0.6 is 22.6 Å². The first-order valence-corrected chi connectivity index (χ1v) is 6.63. The number of hydrogen-bond acceptors (Lipinski definition) is 3. The highest BCUT2D eigenvalue weighted by molar-refractivity contribution is 14.1. The number of benzene rings is 2. The molecule has 0 aromatic heterocycles. The van der Waals surface area contributed by atoms with E-state index in [0.29, 0.717) is 6.54 Å². The fraction of sp³-hybridized carbons (Fsp3) is 0.143. The molecule has 3 nitrogen and oxygen atoms in total. The summed E-state index contributed by atoms with van der Waals surface area (Å²) in [6.45, 7) is 0.559. The third-order valence-electron chi connectivity index (χ3n) is 2.63. The molecule has 0 aliphatic heterocycles. The van der Waals surface area contributed by atoms with Crippen LogP contribution in [0.3, 0.4) is 0 Å². The molecule has 0 bridgehead atoms. The molecule has 0 atom stereocenters. The minimum atomic E-state index is 0.272. The summed E-state index contributed by atoms with van der Waals surface area (Å²) in [6, 6.07) is 13.2. The number of hydrogen-bond donors (Lipinski definition) is 2. The Hall–Kier alpha value is -1.43. The number of rotatable bonds is 4. The van der Waals surface area contributed by atoms with Crippen molar-refractivity contribution in [3.8, 4) is 11.5 Å². The van der Waals surface area contributed by atoms with Crippen LogP contribution in [-0.4, -0.2) is 12.2 Å². The number of ether oxygens (including phenoxy) is 1. The highest BCUT2D eigenvalue weighted by atomic mass is 127. The molecule has 94 valence electrons. The average Bonchev–Trinajstić information content (AvgIpc) is 2.39. The van der Waals surface area contributed by atoms with Crippen LogP contribution in [0.4, 0.5) is 5.69 Å². The van der Waals surface area contributed by atoms with Gasteiger partial charge in [0.25, 0.3) is 0 Å². The van der Waals surface area contributed by atoms with Crippen molar-refractivity contribution in [1.29, 1.82) is 0 Å². The molecule has 0 radical (unpaired) electrons. The van der Waals surface area contributed by atoms with Crippen molar-refractivity contribution >= 4 is 28.3 Å². The van der Waals surface area contributed by atoms with Gasteiger partial charge in [-0.2, -0.15) is 0 Å². The number of phenols is 1. The van der Waals surface area contributed by atoms with Gasteiger partial charge in [-0.15, -0.1) is 0 Å². The fourth-order valence-electron chi connectivity index (χ4n) is 1.63. The molecule has 2 rings (SSSR count).